The van der Waals surface area contributed by atoms with E-state index in [2.05, 4.69) is 105 Å². The summed E-state index contributed by atoms with van der Waals surface area (Å²) in [6.07, 6.45) is 12.8. The van der Waals surface area contributed by atoms with Crippen LogP contribution in [0.3, 0.4) is 0 Å². The van der Waals surface area contributed by atoms with Gasteiger partial charge in [-0.25, -0.2) is 0 Å². The van der Waals surface area contributed by atoms with Crippen LogP contribution in [-0.4, -0.2) is 33.8 Å². The molecule has 1 aromatic carbocycles. The fourth-order valence-electron chi connectivity index (χ4n) is 6.64. The highest BCUT2D eigenvalue weighted by Crippen LogP contribution is 2.56. The topological polar surface area (TPSA) is 55.8 Å². The second kappa shape index (κ2) is 14.5. The van der Waals surface area contributed by atoms with Gasteiger partial charge in [0.1, 0.15) is 0 Å². The van der Waals surface area contributed by atoms with Crippen molar-refractivity contribution in [1.29, 1.82) is 0 Å². The molecule has 43 heavy (non-hydrogen) atoms. The number of allylic oxidation sites excluding steroid dienone is 2. The highest BCUT2D eigenvalue weighted by Gasteiger charge is 2.51. The number of benzene rings is 1. The molecule has 0 unspecified atom stereocenters. The van der Waals surface area contributed by atoms with Crippen molar-refractivity contribution in [2.45, 2.75) is 167 Å². The van der Waals surface area contributed by atoms with Crippen LogP contribution in [0.4, 0.5) is 0 Å². The lowest BCUT2D eigenvalue weighted by atomic mass is 9.84. The Morgan fingerprint density at radius 3 is 2.14 bits per heavy atom. The molecule has 2 fully saturated rings. The third kappa shape index (κ3) is 9.40. The lowest BCUT2D eigenvalue weighted by Gasteiger charge is -2.41. The molecule has 1 N–H and O–H groups in total. The Morgan fingerprint density at radius 2 is 1.58 bits per heavy atom. The standard InChI is InChI=1S/C37H64O4Si2/c1-12-13-14-18-32(40-42(8,9)36(2,3)4)28-20-22-29(23-21-28)35-31-25-27(17-15-16-19-34(38)39)24-30(31)26-33(35)41-43(10,11)37(5,6)7/h17,20-23,30-33,35H,12-16,18-19,24-26H2,1-11H3,(H,38,39)/b27-17+/t30-,31-,32-,33+,35+/m0/s1. The van der Waals surface area contributed by atoms with E-state index in [1.54, 1.807) is 0 Å². The average Bonchev–Trinajstić information content (AvgIpc) is 3.41. The van der Waals surface area contributed by atoms with E-state index < -0.39 is 22.6 Å². The Balaban J connectivity index is 1.88. The molecule has 0 amide bonds. The number of carboxylic acid groups (broad SMARTS) is 1. The van der Waals surface area contributed by atoms with Gasteiger partial charge in [-0.05, 0) is 97.8 Å². The van der Waals surface area contributed by atoms with Gasteiger partial charge in [0.05, 0.1) is 12.2 Å². The summed E-state index contributed by atoms with van der Waals surface area (Å²) in [5.74, 6) is 0.945. The molecule has 6 heteroatoms. The van der Waals surface area contributed by atoms with Crippen molar-refractivity contribution in [2.24, 2.45) is 11.8 Å². The van der Waals surface area contributed by atoms with Crippen LogP contribution in [-0.2, 0) is 13.6 Å². The van der Waals surface area contributed by atoms with E-state index in [1.807, 2.05) is 0 Å². The Bertz CT molecular complexity index is 1080. The van der Waals surface area contributed by atoms with Gasteiger partial charge in [0.15, 0.2) is 16.6 Å². The van der Waals surface area contributed by atoms with Crippen molar-refractivity contribution in [3.63, 3.8) is 0 Å². The third-order valence-electron chi connectivity index (χ3n) is 11.3. The van der Waals surface area contributed by atoms with Crippen LogP contribution in [0.15, 0.2) is 35.9 Å². The second-order valence-electron chi connectivity index (χ2n) is 16.7. The summed E-state index contributed by atoms with van der Waals surface area (Å²) in [5.41, 5.74) is 4.28. The van der Waals surface area contributed by atoms with Crippen LogP contribution >= 0.6 is 0 Å². The van der Waals surface area contributed by atoms with E-state index in [-0.39, 0.29) is 28.7 Å². The Kier molecular flexibility index (Phi) is 12.2. The van der Waals surface area contributed by atoms with E-state index in [0.717, 1.165) is 38.5 Å². The number of carboxylic acids is 1. The van der Waals surface area contributed by atoms with Crippen molar-refractivity contribution in [3.05, 3.63) is 47.0 Å². The maximum atomic E-state index is 11.0. The molecule has 0 radical (unpaired) electrons. The molecule has 2 aliphatic carbocycles. The summed E-state index contributed by atoms with van der Waals surface area (Å²) in [5, 5.41) is 9.40. The molecule has 0 heterocycles. The summed E-state index contributed by atoms with van der Waals surface area (Å²) in [6.45, 7) is 25.9. The minimum absolute atomic E-state index is 0.156. The minimum Gasteiger partial charge on any atom is -0.481 e. The normalized spacial score (nSPS) is 24.9. The third-order valence-corrected chi connectivity index (χ3v) is 20.3. The second-order valence-corrected chi connectivity index (χ2v) is 26.2. The van der Waals surface area contributed by atoms with E-state index in [4.69, 9.17) is 14.0 Å². The lowest BCUT2D eigenvalue weighted by molar-refractivity contribution is -0.137. The van der Waals surface area contributed by atoms with E-state index >= 15 is 0 Å². The zero-order valence-electron chi connectivity index (χ0n) is 29.5. The highest BCUT2D eigenvalue weighted by molar-refractivity contribution is 6.74. The van der Waals surface area contributed by atoms with Crippen molar-refractivity contribution in [1.82, 2.24) is 0 Å². The van der Waals surface area contributed by atoms with Crippen LogP contribution in [0.25, 0.3) is 0 Å². The molecule has 2 aliphatic rings. The predicted molar refractivity (Wildman–Crippen MR) is 187 cm³/mol. The Hall–Kier alpha value is -1.22. The number of rotatable bonds is 14. The molecule has 0 spiro atoms. The van der Waals surface area contributed by atoms with Crippen LogP contribution < -0.4 is 0 Å². The van der Waals surface area contributed by atoms with Gasteiger partial charge in [0.2, 0.25) is 0 Å². The first kappa shape index (κ1) is 36.3. The van der Waals surface area contributed by atoms with Crippen LogP contribution in [0.2, 0.25) is 36.3 Å². The number of hydrogen-bond acceptors (Lipinski definition) is 3. The van der Waals surface area contributed by atoms with Gasteiger partial charge >= 0.3 is 5.97 Å². The van der Waals surface area contributed by atoms with Crippen molar-refractivity contribution < 1.29 is 18.8 Å². The van der Waals surface area contributed by atoms with Gasteiger partial charge in [-0.3, -0.25) is 4.79 Å². The minimum atomic E-state index is -1.92. The maximum Gasteiger partial charge on any atom is 0.303 e. The quantitative estimate of drug-likeness (QED) is 0.126. The Morgan fingerprint density at radius 1 is 0.953 bits per heavy atom. The SMILES string of the molecule is CCCCC[C@H](O[Si](C)(C)C(C)(C)C)c1ccc([C@@H]2[C@H]3C/C(=C/CCCC(=O)O)C[C@H]3C[C@H]2O[Si](C)(C)C(C)(C)C)cc1. The number of unbranched alkanes of at least 4 members (excludes halogenated alkanes) is 3. The van der Waals surface area contributed by atoms with E-state index in [1.165, 1.54) is 36.0 Å². The van der Waals surface area contributed by atoms with Gasteiger partial charge < -0.3 is 14.0 Å². The van der Waals surface area contributed by atoms with Gasteiger partial charge in [-0.2, -0.15) is 0 Å². The molecule has 0 saturated heterocycles. The lowest BCUT2D eigenvalue weighted by Crippen LogP contribution is -2.44. The van der Waals surface area contributed by atoms with Crippen LogP contribution in [0, 0.1) is 11.8 Å². The molecule has 2 saturated carbocycles. The number of hydrogen-bond donors (Lipinski definition) is 1. The molecule has 4 nitrogen and oxygen atoms in total. The molecule has 1 aromatic rings. The van der Waals surface area contributed by atoms with E-state index in [0.29, 0.717) is 17.8 Å². The van der Waals surface area contributed by atoms with Crippen molar-refractivity contribution >= 4 is 22.6 Å². The smallest absolute Gasteiger partial charge is 0.303 e. The largest absolute Gasteiger partial charge is 0.481 e. The molecule has 0 aliphatic heterocycles. The molecule has 0 aromatic heterocycles. The first-order valence-electron chi connectivity index (χ1n) is 17.2. The highest BCUT2D eigenvalue weighted by atomic mass is 28.4. The van der Waals surface area contributed by atoms with Gasteiger partial charge in [0, 0.05) is 12.3 Å². The fourth-order valence-corrected chi connectivity index (χ4v) is 9.32. The first-order chi connectivity index (χ1) is 19.9. The van der Waals surface area contributed by atoms with Gasteiger partial charge in [-0.1, -0.05) is 104 Å². The first-order valence-corrected chi connectivity index (χ1v) is 23.0. The average molecular weight is 629 g/mol. The number of carbonyl (C=O) groups is 1. The zero-order valence-corrected chi connectivity index (χ0v) is 31.5. The fraction of sp³-hybridized carbons (Fsp3) is 0.757. The van der Waals surface area contributed by atoms with Crippen LogP contribution in [0.1, 0.15) is 136 Å². The summed E-state index contributed by atoms with van der Waals surface area (Å²) in [7, 11) is -3.83. The van der Waals surface area contributed by atoms with Gasteiger partial charge in [0.25, 0.3) is 0 Å². The number of aliphatic carboxylic acids is 1. The van der Waals surface area contributed by atoms with Crippen LogP contribution in [0.5, 0.6) is 0 Å². The molecule has 3 rings (SSSR count). The number of fused-ring (bicyclic) bond motifs is 1. The molecule has 0 bridgehead atoms. The molecular weight excluding hydrogens is 565 g/mol. The van der Waals surface area contributed by atoms with Crippen molar-refractivity contribution in [2.75, 3.05) is 0 Å². The Labute approximate surface area is 266 Å². The zero-order chi connectivity index (χ0) is 32.2. The summed E-state index contributed by atoms with van der Waals surface area (Å²) < 4.78 is 14.3. The monoisotopic (exact) mass is 628 g/mol. The van der Waals surface area contributed by atoms with Crippen molar-refractivity contribution in [3.8, 4) is 0 Å². The summed E-state index contributed by atoms with van der Waals surface area (Å²) >= 11 is 0. The molecule has 5 atom stereocenters. The predicted octanol–water partition coefficient (Wildman–Crippen LogP) is 11.4. The van der Waals surface area contributed by atoms with Gasteiger partial charge in [-0.15, -0.1) is 0 Å². The molecule has 244 valence electrons. The van der Waals surface area contributed by atoms with E-state index in [9.17, 15) is 4.79 Å². The summed E-state index contributed by atoms with van der Waals surface area (Å²) in [6, 6.07) is 9.54. The summed E-state index contributed by atoms with van der Waals surface area (Å²) in [4.78, 5) is 11.0. The maximum absolute atomic E-state index is 11.0. The molecular formula is C37H64O4Si2.